The number of hydrogen-bond acceptors (Lipinski definition) is 3. The molecule has 0 unspecified atom stereocenters. The van der Waals surface area contributed by atoms with Crippen LogP contribution in [0.1, 0.15) is 32.5 Å². The van der Waals surface area contributed by atoms with Gasteiger partial charge in [-0.2, -0.15) is 0 Å². The number of aromatic nitrogens is 2. The van der Waals surface area contributed by atoms with E-state index in [2.05, 4.69) is 15.3 Å². The number of amides is 1. The van der Waals surface area contributed by atoms with Crippen LogP contribution < -0.4 is 5.32 Å². The molecule has 22 heavy (non-hydrogen) atoms. The summed E-state index contributed by atoms with van der Waals surface area (Å²) >= 11 is 5.94. The molecule has 6 heteroatoms. The quantitative estimate of drug-likeness (QED) is 0.685. The van der Waals surface area contributed by atoms with Crippen molar-refractivity contribution >= 4 is 28.5 Å². The number of rotatable bonds is 7. The smallest absolute Gasteiger partial charge is 0.248 e. The van der Waals surface area contributed by atoms with Crippen LogP contribution in [0, 0.1) is 5.92 Å². The molecular formula is C16H22ClN3O2. The van der Waals surface area contributed by atoms with Crippen LogP contribution in [0.5, 0.6) is 0 Å². The van der Waals surface area contributed by atoms with Gasteiger partial charge in [-0.15, -0.1) is 0 Å². The highest BCUT2D eigenvalue weighted by Gasteiger charge is 2.15. The van der Waals surface area contributed by atoms with E-state index in [0.717, 1.165) is 29.7 Å². The summed E-state index contributed by atoms with van der Waals surface area (Å²) < 4.78 is 0. The molecule has 120 valence electrons. The van der Waals surface area contributed by atoms with Crippen molar-refractivity contribution in [3.8, 4) is 0 Å². The van der Waals surface area contributed by atoms with Crippen LogP contribution in [-0.2, 0) is 11.2 Å². The van der Waals surface area contributed by atoms with Gasteiger partial charge in [-0.1, -0.05) is 25.4 Å². The van der Waals surface area contributed by atoms with Gasteiger partial charge >= 0.3 is 0 Å². The molecule has 3 N–H and O–H groups in total. The summed E-state index contributed by atoms with van der Waals surface area (Å²) in [6, 6.07) is 5.53. The largest absolute Gasteiger partial charge is 0.383 e. The van der Waals surface area contributed by atoms with E-state index in [1.807, 2.05) is 32.0 Å². The average Bonchev–Trinajstić information content (AvgIpc) is 2.84. The highest BCUT2D eigenvalue weighted by molar-refractivity contribution is 6.31. The lowest BCUT2D eigenvalue weighted by Gasteiger charge is -2.12. The molecule has 1 aromatic carbocycles. The van der Waals surface area contributed by atoms with Crippen molar-refractivity contribution in [2.24, 2.45) is 5.92 Å². The number of fused-ring (bicyclic) bond motifs is 1. The van der Waals surface area contributed by atoms with Crippen molar-refractivity contribution in [1.29, 1.82) is 0 Å². The number of nitrogens with zero attached hydrogens (tertiary/aromatic N) is 1. The molecule has 1 heterocycles. The van der Waals surface area contributed by atoms with Crippen LogP contribution in [0.2, 0.25) is 5.02 Å². The molecule has 0 spiro atoms. The number of halogens is 1. The lowest BCUT2D eigenvalue weighted by atomic mass is 10.1. The molecule has 0 bridgehead atoms. The summed E-state index contributed by atoms with van der Waals surface area (Å²) in [6.45, 7) is 4.47. The standard InChI is InChI=1S/C16H22ClN3O2/c1-10(2)8-14(21)16(22)18-7-3-4-15-19-12-6-5-11(17)9-13(12)20-15/h5-6,9-10,14,21H,3-4,7-8H2,1-2H3,(H,18,22)(H,19,20)/t14-/m0/s1. The summed E-state index contributed by atoms with van der Waals surface area (Å²) in [6.07, 6.45) is 1.05. The number of aliphatic hydroxyl groups excluding tert-OH is 1. The molecule has 0 radical (unpaired) electrons. The Morgan fingerprint density at radius 3 is 2.95 bits per heavy atom. The maximum Gasteiger partial charge on any atom is 0.248 e. The van der Waals surface area contributed by atoms with Crippen molar-refractivity contribution in [1.82, 2.24) is 15.3 Å². The Morgan fingerprint density at radius 1 is 1.45 bits per heavy atom. The number of carbonyl (C=O) groups excluding carboxylic acids is 1. The summed E-state index contributed by atoms with van der Waals surface area (Å²) in [5.41, 5.74) is 1.80. The Bertz CT molecular complexity index is 639. The van der Waals surface area contributed by atoms with Gasteiger partial charge in [0.15, 0.2) is 0 Å². The second-order valence-electron chi connectivity index (χ2n) is 5.88. The summed E-state index contributed by atoms with van der Waals surface area (Å²) in [4.78, 5) is 19.4. The van der Waals surface area contributed by atoms with Crippen molar-refractivity contribution < 1.29 is 9.90 Å². The van der Waals surface area contributed by atoms with Crippen LogP contribution >= 0.6 is 11.6 Å². The zero-order chi connectivity index (χ0) is 16.1. The maximum absolute atomic E-state index is 11.7. The van der Waals surface area contributed by atoms with E-state index in [1.54, 1.807) is 0 Å². The molecule has 0 aliphatic heterocycles. The molecule has 0 saturated heterocycles. The zero-order valence-corrected chi connectivity index (χ0v) is 13.7. The first-order valence-electron chi connectivity index (χ1n) is 7.55. The molecular weight excluding hydrogens is 302 g/mol. The van der Waals surface area contributed by atoms with Gasteiger partial charge in [-0.25, -0.2) is 4.98 Å². The van der Waals surface area contributed by atoms with E-state index in [0.29, 0.717) is 23.9 Å². The minimum absolute atomic E-state index is 0.295. The number of aromatic amines is 1. The maximum atomic E-state index is 11.7. The van der Waals surface area contributed by atoms with Gasteiger partial charge in [0.2, 0.25) is 5.91 Å². The van der Waals surface area contributed by atoms with Crippen molar-refractivity contribution in [2.45, 2.75) is 39.2 Å². The van der Waals surface area contributed by atoms with Gasteiger partial charge in [-0.3, -0.25) is 4.79 Å². The molecule has 1 atom stereocenters. The number of nitrogens with one attached hydrogen (secondary N) is 2. The summed E-state index contributed by atoms with van der Waals surface area (Å²) in [5, 5.41) is 13.1. The fraction of sp³-hybridized carbons (Fsp3) is 0.500. The third-order valence-electron chi connectivity index (χ3n) is 3.38. The molecule has 1 amide bonds. The molecule has 0 aliphatic carbocycles. The first kappa shape index (κ1) is 16.8. The van der Waals surface area contributed by atoms with Crippen LogP contribution in [0.25, 0.3) is 11.0 Å². The Kier molecular flexibility index (Phi) is 5.80. The van der Waals surface area contributed by atoms with Gasteiger partial charge in [-0.05, 0) is 37.0 Å². The molecule has 0 saturated carbocycles. The van der Waals surface area contributed by atoms with E-state index in [-0.39, 0.29) is 5.91 Å². The predicted molar refractivity (Wildman–Crippen MR) is 87.9 cm³/mol. The van der Waals surface area contributed by atoms with Crippen molar-refractivity contribution in [3.63, 3.8) is 0 Å². The van der Waals surface area contributed by atoms with E-state index in [4.69, 9.17) is 11.6 Å². The van der Waals surface area contributed by atoms with E-state index >= 15 is 0 Å². The van der Waals surface area contributed by atoms with Gasteiger partial charge in [0, 0.05) is 18.0 Å². The molecule has 5 nitrogen and oxygen atoms in total. The molecule has 0 fully saturated rings. The average molecular weight is 324 g/mol. The van der Waals surface area contributed by atoms with Crippen LogP contribution in [0.3, 0.4) is 0 Å². The minimum atomic E-state index is -0.923. The first-order chi connectivity index (χ1) is 10.5. The Labute approximate surface area is 135 Å². The highest BCUT2D eigenvalue weighted by Crippen LogP contribution is 2.17. The minimum Gasteiger partial charge on any atom is -0.383 e. The lowest BCUT2D eigenvalue weighted by molar-refractivity contribution is -0.130. The SMILES string of the molecule is CC(C)C[C@H](O)C(=O)NCCCc1nc2ccc(Cl)cc2[nH]1. The summed E-state index contributed by atoms with van der Waals surface area (Å²) in [7, 11) is 0. The fourth-order valence-corrected chi connectivity index (χ4v) is 2.46. The number of benzene rings is 1. The number of H-pyrrole nitrogens is 1. The van der Waals surface area contributed by atoms with E-state index < -0.39 is 6.10 Å². The second kappa shape index (κ2) is 7.61. The normalized spacial score (nSPS) is 12.8. The third-order valence-corrected chi connectivity index (χ3v) is 3.61. The van der Waals surface area contributed by atoms with Gasteiger partial charge < -0.3 is 15.4 Å². The Balaban J connectivity index is 1.77. The van der Waals surface area contributed by atoms with Gasteiger partial charge in [0.1, 0.15) is 11.9 Å². The molecule has 2 aromatic rings. The monoisotopic (exact) mass is 323 g/mol. The number of aryl methyl sites for hydroxylation is 1. The van der Waals surface area contributed by atoms with Crippen molar-refractivity contribution in [2.75, 3.05) is 6.54 Å². The number of imidazole rings is 1. The van der Waals surface area contributed by atoms with Gasteiger partial charge in [0.05, 0.1) is 11.0 Å². The zero-order valence-electron chi connectivity index (χ0n) is 12.9. The summed E-state index contributed by atoms with van der Waals surface area (Å²) in [5.74, 6) is 0.863. The van der Waals surface area contributed by atoms with Crippen LogP contribution in [0.15, 0.2) is 18.2 Å². The third kappa shape index (κ3) is 4.71. The molecule has 0 aliphatic rings. The highest BCUT2D eigenvalue weighted by atomic mass is 35.5. The van der Waals surface area contributed by atoms with Crippen molar-refractivity contribution in [3.05, 3.63) is 29.0 Å². The van der Waals surface area contributed by atoms with Crippen LogP contribution in [-0.4, -0.2) is 33.6 Å². The number of hydrogen-bond donors (Lipinski definition) is 3. The number of carbonyl (C=O) groups is 1. The second-order valence-corrected chi connectivity index (χ2v) is 6.32. The fourth-order valence-electron chi connectivity index (χ4n) is 2.29. The lowest BCUT2D eigenvalue weighted by Crippen LogP contribution is -2.36. The van der Waals surface area contributed by atoms with E-state index in [1.165, 1.54) is 0 Å². The Hall–Kier alpha value is -1.59. The van der Waals surface area contributed by atoms with Gasteiger partial charge in [0.25, 0.3) is 0 Å². The topological polar surface area (TPSA) is 78.0 Å². The number of aliphatic hydroxyl groups is 1. The first-order valence-corrected chi connectivity index (χ1v) is 7.93. The molecule has 1 aromatic heterocycles. The van der Waals surface area contributed by atoms with Crippen LogP contribution in [0.4, 0.5) is 0 Å². The Morgan fingerprint density at radius 2 is 2.23 bits per heavy atom. The molecule has 2 rings (SSSR count). The predicted octanol–water partition coefficient (Wildman–Crippen LogP) is 2.67. The van der Waals surface area contributed by atoms with E-state index in [9.17, 15) is 9.90 Å².